The Morgan fingerprint density at radius 1 is 0.969 bits per heavy atom. The van der Waals surface area contributed by atoms with Crippen LogP contribution in [0.4, 0.5) is 0 Å². The van der Waals surface area contributed by atoms with E-state index in [-0.39, 0.29) is 11.1 Å². The number of aromatic carboxylic acids is 1. The van der Waals surface area contributed by atoms with Gasteiger partial charge in [-0.25, -0.2) is 9.78 Å². The van der Waals surface area contributed by atoms with Gasteiger partial charge >= 0.3 is 5.97 Å². The Balaban J connectivity index is 1.63. The second-order valence-corrected chi connectivity index (χ2v) is 7.28. The van der Waals surface area contributed by atoms with Crippen molar-refractivity contribution < 1.29 is 23.8 Å². The number of nitrogens with zero attached hydrogens (tertiary/aromatic N) is 1. The van der Waals surface area contributed by atoms with Crippen LogP contribution in [-0.4, -0.2) is 31.4 Å². The fourth-order valence-electron chi connectivity index (χ4n) is 3.90. The molecule has 2 aromatic carbocycles. The third-order valence-corrected chi connectivity index (χ3v) is 5.40. The highest BCUT2D eigenvalue weighted by atomic mass is 16.4. The Morgan fingerprint density at radius 3 is 2.66 bits per heavy atom. The topological polar surface area (TPSA) is 145 Å². The number of phenols is 1. The van der Waals surface area contributed by atoms with Crippen LogP contribution in [0.1, 0.15) is 10.4 Å². The second kappa shape index (κ2) is 6.35. The lowest BCUT2D eigenvalue weighted by Gasteiger charge is -2.02. The summed E-state index contributed by atoms with van der Waals surface area (Å²) in [4.78, 5) is 27.8. The SMILES string of the molecule is O=C(O)c1cccc(-c2ccc(-c3c4c[nH][nH]c4nc4c3oc3c(O)c(=O)ccc34)o2)c1. The van der Waals surface area contributed by atoms with E-state index >= 15 is 0 Å². The van der Waals surface area contributed by atoms with Crippen LogP contribution in [0, 0.1) is 0 Å². The lowest BCUT2D eigenvalue weighted by atomic mass is 10.1. The number of furan rings is 2. The Morgan fingerprint density at radius 2 is 1.81 bits per heavy atom. The highest BCUT2D eigenvalue weighted by molar-refractivity contribution is 6.14. The normalized spacial score (nSPS) is 11.6. The van der Waals surface area contributed by atoms with E-state index in [1.54, 1.807) is 36.5 Å². The Bertz CT molecular complexity index is 1750. The molecule has 0 amide bonds. The minimum atomic E-state index is -1.03. The standard InChI is InChI=1S/C23H13N3O6/c27-14-5-4-12-18-21(32-20(12)19(14)28)17(13-9-24-26-22(13)25-18)16-7-6-15(31-16)10-2-1-3-11(8-10)23(29)30/h1-9,28H,(H,29,30)(H2,24,25,26). The number of carboxylic acids is 1. The highest BCUT2D eigenvalue weighted by Crippen LogP contribution is 2.41. The summed E-state index contributed by atoms with van der Waals surface area (Å²) in [5.41, 5.74) is 2.18. The van der Waals surface area contributed by atoms with Crippen LogP contribution < -0.4 is 5.43 Å². The molecule has 4 heterocycles. The molecule has 32 heavy (non-hydrogen) atoms. The molecule has 0 radical (unpaired) electrons. The van der Waals surface area contributed by atoms with E-state index in [9.17, 15) is 19.8 Å². The molecular weight excluding hydrogens is 414 g/mol. The molecule has 0 atom stereocenters. The monoisotopic (exact) mass is 427 g/mol. The molecule has 156 valence electrons. The van der Waals surface area contributed by atoms with Crippen LogP contribution in [0.2, 0.25) is 0 Å². The Hall–Kier alpha value is -4.79. The summed E-state index contributed by atoms with van der Waals surface area (Å²) in [7, 11) is 0. The van der Waals surface area contributed by atoms with Crippen molar-refractivity contribution in [3.05, 3.63) is 70.5 Å². The van der Waals surface area contributed by atoms with Gasteiger partial charge in [0.2, 0.25) is 11.2 Å². The number of benzene rings is 2. The van der Waals surface area contributed by atoms with Gasteiger partial charge in [-0.3, -0.25) is 9.89 Å². The maximum Gasteiger partial charge on any atom is 0.335 e. The molecule has 4 N–H and O–H groups in total. The molecule has 6 rings (SSSR count). The molecule has 0 aliphatic rings. The summed E-state index contributed by atoms with van der Waals surface area (Å²) in [5.74, 6) is -0.584. The van der Waals surface area contributed by atoms with Crippen molar-refractivity contribution in [2.75, 3.05) is 0 Å². The first kappa shape index (κ1) is 18.0. The third kappa shape index (κ3) is 2.48. The molecule has 0 aliphatic carbocycles. The molecule has 9 heteroatoms. The number of phenolic OH excluding ortho intramolecular Hbond substituents is 1. The molecule has 0 bridgehead atoms. The molecule has 0 spiro atoms. The number of aromatic nitrogens is 3. The van der Waals surface area contributed by atoms with Gasteiger partial charge in [0.1, 0.15) is 17.0 Å². The van der Waals surface area contributed by atoms with Crippen molar-refractivity contribution in [1.82, 2.24) is 15.2 Å². The van der Waals surface area contributed by atoms with Crippen LogP contribution in [-0.2, 0) is 0 Å². The maximum absolute atomic E-state index is 11.9. The number of aromatic amines is 2. The molecule has 6 aromatic rings. The minimum Gasteiger partial charge on any atom is -0.502 e. The largest absolute Gasteiger partial charge is 0.502 e. The number of rotatable bonds is 3. The summed E-state index contributed by atoms with van der Waals surface area (Å²) < 4.78 is 12.0. The van der Waals surface area contributed by atoms with E-state index < -0.39 is 17.1 Å². The van der Waals surface area contributed by atoms with Gasteiger partial charge in [-0.15, -0.1) is 0 Å². The lowest BCUT2D eigenvalue weighted by Crippen LogP contribution is -1.95. The van der Waals surface area contributed by atoms with Crippen LogP contribution in [0.5, 0.6) is 5.75 Å². The van der Waals surface area contributed by atoms with E-state index in [0.717, 1.165) is 0 Å². The molecule has 0 saturated heterocycles. The summed E-state index contributed by atoms with van der Waals surface area (Å²) >= 11 is 0. The van der Waals surface area contributed by atoms with Gasteiger partial charge in [0.05, 0.1) is 21.9 Å². The maximum atomic E-state index is 11.9. The number of nitrogens with one attached hydrogen (secondary N) is 2. The van der Waals surface area contributed by atoms with E-state index in [4.69, 9.17) is 8.83 Å². The molecule has 0 aliphatic heterocycles. The van der Waals surface area contributed by atoms with Crippen LogP contribution >= 0.6 is 0 Å². The first-order valence-electron chi connectivity index (χ1n) is 9.59. The smallest absolute Gasteiger partial charge is 0.335 e. The number of pyridine rings is 1. The molecular formula is C23H13N3O6. The minimum absolute atomic E-state index is 0.0545. The van der Waals surface area contributed by atoms with Crippen molar-refractivity contribution in [3.8, 4) is 28.4 Å². The van der Waals surface area contributed by atoms with Crippen molar-refractivity contribution in [2.45, 2.75) is 0 Å². The van der Waals surface area contributed by atoms with Gasteiger partial charge in [0, 0.05) is 11.8 Å². The molecule has 4 aromatic heterocycles. The average molecular weight is 427 g/mol. The number of carboxylic acid groups (broad SMARTS) is 1. The van der Waals surface area contributed by atoms with Crippen molar-refractivity contribution in [1.29, 1.82) is 0 Å². The predicted molar refractivity (Wildman–Crippen MR) is 116 cm³/mol. The van der Waals surface area contributed by atoms with Gasteiger partial charge in [-0.2, -0.15) is 0 Å². The van der Waals surface area contributed by atoms with E-state index in [1.165, 1.54) is 18.2 Å². The van der Waals surface area contributed by atoms with Crippen LogP contribution in [0.3, 0.4) is 0 Å². The zero-order valence-corrected chi connectivity index (χ0v) is 16.2. The number of aromatic hydroxyl groups is 1. The average Bonchev–Trinajstić information content (AvgIpc) is 3.53. The van der Waals surface area contributed by atoms with Gasteiger partial charge in [-0.05, 0) is 36.4 Å². The van der Waals surface area contributed by atoms with E-state index in [1.807, 2.05) is 0 Å². The Kier molecular flexibility index (Phi) is 3.58. The number of fused-ring (bicyclic) bond motifs is 4. The molecule has 0 unspecified atom stereocenters. The van der Waals surface area contributed by atoms with Gasteiger partial charge in [0.25, 0.3) is 0 Å². The molecule has 0 saturated carbocycles. The summed E-state index contributed by atoms with van der Waals surface area (Å²) in [6, 6.07) is 12.7. The van der Waals surface area contributed by atoms with Crippen molar-refractivity contribution in [3.63, 3.8) is 0 Å². The highest BCUT2D eigenvalue weighted by Gasteiger charge is 2.23. The van der Waals surface area contributed by atoms with Crippen molar-refractivity contribution in [2.24, 2.45) is 0 Å². The summed E-state index contributed by atoms with van der Waals surface area (Å²) in [6.45, 7) is 0. The number of carbonyl (C=O) groups is 1. The van der Waals surface area contributed by atoms with Gasteiger partial charge in [0.15, 0.2) is 16.8 Å². The first-order valence-corrected chi connectivity index (χ1v) is 9.59. The second-order valence-electron chi connectivity index (χ2n) is 7.28. The fourth-order valence-corrected chi connectivity index (χ4v) is 3.90. The van der Waals surface area contributed by atoms with Crippen LogP contribution in [0.25, 0.3) is 55.7 Å². The third-order valence-electron chi connectivity index (χ3n) is 5.40. The van der Waals surface area contributed by atoms with Gasteiger partial charge in [-0.1, -0.05) is 12.1 Å². The molecule has 0 fully saturated rings. The zero-order chi connectivity index (χ0) is 22.0. The quantitative estimate of drug-likeness (QED) is 0.326. The number of H-pyrrole nitrogens is 2. The van der Waals surface area contributed by atoms with E-state index in [0.29, 0.717) is 50.2 Å². The summed E-state index contributed by atoms with van der Waals surface area (Å²) in [6.07, 6.45) is 1.70. The van der Waals surface area contributed by atoms with Gasteiger partial charge < -0.3 is 24.1 Å². The number of hydrogen-bond donors (Lipinski definition) is 4. The first-order chi connectivity index (χ1) is 15.5. The fraction of sp³-hybridized carbons (Fsp3) is 0. The summed E-state index contributed by atoms with van der Waals surface area (Å²) in [5, 5.41) is 26.5. The molecule has 9 nitrogen and oxygen atoms in total. The Labute approximate surface area is 177 Å². The van der Waals surface area contributed by atoms with E-state index in [2.05, 4.69) is 15.2 Å². The lowest BCUT2D eigenvalue weighted by molar-refractivity contribution is 0.0697. The number of hydrogen-bond acceptors (Lipinski definition) is 6. The predicted octanol–water partition coefficient (Wildman–Crippen LogP) is 4.48. The zero-order valence-electron chi connectivity index (χ0n) is 16.2. The van der Waals surface area contributed by atoms with Crippen molar-refractivity contribution >= 4 is 39.1 Å². The van der Waals surface area contributed by atoms with Crippen LogP contribution in [0.15, 0.2) is 68.4 Å².